The van der Waals surface area contributed by atoms with Gasteiger partial charge in [0.05, 0.1) is 6.54 Å². The fourth-order valence-electron chi connectivity index (χ4n) is 2.75. The summed E-state index contributed by atoms with van der Waals surface area (Å²) < 4.78 is 0. The third-order valence-corrected chi connectivity index (χ3v) is 5.46. The Labute approximate surface area is 139 Å². The standard InChI is InChI=1S/C17H19ClN2OS/c1-12(14-4-2-3-5-15(14)18)19-10-17(21)20-8-6-16-13(11-20)7-9-22-16/h2-5,7,9,12,19H,6,8,10-11H2,1H3. The van der Waals surface area contributed by atoms with Gasteiger partial charge in [-0.1, -0.05) is 29.8 Å². The number of nitrogens with one attached hydrogen (secondary N) is 1. The number of halogens is 1. The third-order valence-electron chi connectivity index (χ3n) is 4.09. The van der Waals surface area contributed by atoms with Gasteiger partial charge in [-0.25, -0.2) is 0 Å². The van der Waals surface area contributed by atoms with Crippen molar-refractivity contribution in [1.29, 1.82) is 0 Å². The van der Waals surface area contributed by atoms with Gasteiger partial charge in [0.2, 0.25) is 5.91 Å². The molecule has 0 radical (unpaired) electrons. The molecule has 1 N–H and O–H groups in total. The van der Waals surface area contributed by atoms with E-state index in [1.807, 2.05) is 36.1 Å². The second-order valence-corrected chi connectivity index (χ2v) is 6.97. The Morgan fingerprint density at radius 3 is 3.05 bits per heavy atom. The van der Waals surface area contributed by atoms with Crippen LogP contribution in [0.4, 0.5) is 0 Å². The first-order valence-corrected chi connectivity index (χ1v) is 8.71. The van der Waals surface area contributed by atoms with E-state index < -0.39 is 0 Å². The number of thiophene rings is 1. The summed E-state index contributed by atoms with van der Waals surface area (Å²) in [7, 11) is 0. The molecule has 116 valence electrons. The zero-order valence-electron chi connectivity index (χ0n) is 12.5. The van der Waals surface area contributed by atoms with Crippen molar-refractivity contribution in [2.45, 2.75) is 25.9 Å². The maximum atomic E-state index is 12.4. The molecule has 1 amide bonds. The molecule has 1 aliphatic rings. The predicted molar refractivity (Wildman–Crippen MR) is 91.3 cm³/mol. The molecule has 0 aliphatic carbocycles. The van der Waals surface area contributed by atoms with Crippen LogP contribution in [0.25, 0.3) is 0 Å². The monoisotopic (exact) mass is 334 g/mol. The number of amides is 1. The van der Waals surface area contributed by atoms with Gasteiger partial charge in [0, 0.05) is 29.0 Å². The first-order valence-electron chi connectivity index (χ1n) is 7.46. The highest BCUT2D eigenvalue weighted by atomic mass is 35.5. The highest BCUT2D eigenvalue weighted by Crippen LogP contribution is 2.24. The lowest BCUT2D eigenvalue weighted by Gasteiger charge is -2.28. The minimum Gasteiger partial charge on any atom is -0.337 e. The maximum absolute atomic E-state index is 12.4. The zero-order valence-corrected chi connectivity index (χ0v) is 14.1. The number of rotatable bonds is 4. The molecular weight excluding hydrogens is 316 g/mol. The summed E-state index contributed by atoms with van der Waals surface area (Å²) in [6, 6.07) is 9.92. The molecule has 1 aromatic heterocycles. The van der Waals surface area contributed by atoms with Crippen molar-refractivity contribution in [2.75, 3.05) is 13.1 Å². The molecule has 1 atom stereocenters. The Bertz CT molecular complexity index is 670. The number of nitrogens with zero attached hydrogens (tertiary/aromatic N) is 1. The molecule has 5 heteroatoms. The van der Waals surface area contributed by atoms with Gasteiger partial charge in [-0.2, -0.15) is 0 Å². The van der Waals surface area contributed by atoms with Crippen LogP contribution in [0.5, 0.6) is 0 Å². The Kier molecular flexibility index (Phi) is 4.81. The molecule has 3 nitrogen and oxygen atoms in total. The Morgan fingerprint density at radius 1 is 1.41 bits per heavy atom. The van der Waals surface area contributed by atoms with Crippen LogP contribution in [-0.4, -0.2) is 23.9 Å². The summed E-state index contributed by atoms with van der Waals surface area (Å²) in [6.45, 7) is 3.92. The second kappa shape index (κ2) is 6.82. The van der Waals surface area contributed by atoms with E-state index in [2.05, 4.69) is 16.8 Å². The van der Waals surface area contributed by atoms with Crippen molar-refractivity contribution in [1.82, 2.24) is 10.2 Å². The molecule has 0 bridgehead atoms. The summed E-state index contributed by atoms with van der Waals surface area (Å²) in [4.78, 5) is 15.7. The molecule has 0 saturated carbocycles. The van der Waals surface area contributed by atoms with Crippen LogP contribution in [0.1, 0.15) is 29.0 Å². The third kappa shape index (κ3) is 3.35. The van der Waals surface area contributed by atoms with Crippen LogP contribution in [0.3, 0.4) is 0 Å². The van der Waals surface area contributed by atoms with Gasteiger partial charge in [-0.3, -0.25) is 4.79 Å². The Balaban J connectivity index is 1.56. The highest BCUT2D eigenvalue weighted by molar-refractivity contribution is 7.10. The van der Waals surface area contributed by atoms with Gasteiger partial charge in [-0.05, 0) is 42.0 Å². The number of benzene rings is 1. The molecule has 2 heterocycles. The minimum atomic E-state index is 0.0548. The number of hydrogen-bond acceptors (Lipinski definition) is 3. The van der Waals surface area contributed by atoms with Crippen LogP contribution in [0.15, 0.2) is 35.7 Å². The van der Waals surface area contributed by atoms with E-state index in [4.69, 9.17) is 11.6 Å². The molecular formula is C17H19ClN2OS. The molecule has 22 heavy (non-hydrogen) atoms. The molecule has 0 spiro atoms. The molecule has 1 aromatic carbocycles. The van der Waals surface area contributed by atoms with Crippen molar-refractivity contribution in [3.8, 4) is 0 Å². The van der Waals surface area contributed by atoms with Gasteiger partial charge in [-0.15, -0.1) is 11.3 Å². The Hall–Kier alpha value is -1.36. The minimum absolute atomic E-state index is 0.0548. The van der Waals surface area contributed by atoms with E-state index in [0.717, 1.165) is 30.1 Å². The van der Waals surface area contributed by atoms with Crippen LogP contribution in [0.2, 0.25) is 5.02 Å². The topological polar surface area (TPSA) is 32.3 Å². The van der Waals surface area contributed by atoms with Crippen LogP contribution >= 0.6 is 22.9 Å². The molecule has 0 fully saturated rings. The average Bonchev–Trinajstić information content (AvgIpc) is 3.00. The number of carbonyl (C=O) groups excluding carboxylic acids is 1. The SMILES string of the molecule is CC(NCC(=O)N1CCc2sccc2C1)c1ccccc1Cl. The average molecular weight is 335 g/mol. The molecule has 1 aliphatic heterocycles. The van der Waals surface area contributed by atoms with Gasteiger partial charge in [0.15, 0.2) is 0 Å². The van der Waals surface area contributed by atoms with Crippen molar-refractivity contribution in [3.63, 3.8) is 0 Å². The van der Waals surface area contributed by atoms with Crippen molar-refractivity contribution >= 4 is 28.8 Å². The fourth-order valence-corrected chi connectivity index (χ4v) is 3.94. The van der Waals surface area contributed by atoms with Gasteiger partial charge in [0.1, 0.15) is 0 Å². The first-order chi connectivity index (χ1) is 10.6. The van der Waals surface area contributed by atoms with Crippen molar-refractivity contribution in [3.05, 3.63) is 56.7 Å². The van der Waals surface area contributed by atoms with E-state index in [-0.39, 0.29) is 11.9 Å². The van der Waals surface area contributed by atoms with Crippen LogP contribution in [0, 0.1) is 0 Å². The summed E-state index contributed by atoms with van der Waals surface area (Å²) >= 11 is 7.98. The Morgan fingerprint density at radius 2 is 2.23 bits per heavy atom. The van der Waals surface area contributed by atoms with E-state index >= 15 is 0 Å². The lowest BCUT2D eigenvalue weighted by atomic mass is 10.1. The normalized spacial score (nSPS) is 15.5. The summed E-state index contributed by atoms with van der Waals surface area (Å²) in [5.41, 5.74) is 2.32. The van der Waals surface area contributed by atoms with Gasteiger partial charge in [0.25, 0.3) is 0 Å². The maximum Gasteiger partial charge on any atom is 0.236 e. The smallest absolute Gasteiger partial charge is 0.236 e. The van der Waals surface area contributed by atoms with E-state index in [1.165, 1.54) is 10.4 Å². The molecule has 0 saturated heterocycles. The summed E-state index contributed by atoms with van der Waals surface area (Å²) in [5.74, 6) is 0.149. The molecule has 2 aromatic rings. The van der Waals surface area contributed by atoms with Crippen molar-refractivity contribution in [2.24, 2.45) is 0 Å². The number of carbonyl (C=O) groups is 1. The van der Waals surface area contributed by atoms with Gasteiger partial charge >= 0.3 is 0 Å². The largest absolute Gasteiger partial charge is 0.337 e. The van der Waals surface area contributed by atoms with Gasteiger partial charge < -0.3 is 10.2 Å². The van der Waals surface area contributed by atoms with Crippen molar-refractivity contribution < 1.29 is 4.79 Å². The molecule has 1 unspecified atom stereocenters. The number of hydrogen-bond donors (Lipinski definition) is 1. The predicted octanol–water partition coefficient (Wildman–Crippen LogP) is 3.64. The zero-order chi connectivity index (χ0) is 15.5. The first kappa shape index (κ1) is 15.5. The lowest BCUT2D eigenvalue weighted by Crippen LogP contribution is -2.41. The molecule has 3 rings (SSSR count). The van der Waals surface area contributed by atoms with E-state index in [9.17, 15) is 4.79 Å². The van der Waals surface area contributed by atoms with Crippen LogP contribution < -0.4 is 5.32 Å². The number of fused-ring (bicyclic) bond motifs is 1. The van der Waals surface area contributed by atoms with E-state index in [1.54, 1.807) is 11.3 Å². The summed E-state index contributed by atoms with van der Waals surface area (Å²) in [6.07, 6.45) is 0.971. The van der Waals surface area contributed by atoms with E-state index in [0.29, 0.717) is 6.54 Å². The fraction of sp³-hybridized carbons (Fsp3) is 0.353. The van der Waals surface area contributed by atoms with Crippen LogP contribution in [-0.2, 0) is 17.8 Å². The highest BCUT2D eigenvalue weighted by Gasteiger charge is 2.21. The second-order valence-electron chi connectivity index (χ2n) is 5.56. The summed E-state index contributed by atoms with van der Waals surface area (Å²) in [5, 5.41) is 6.12. The lowest BCUT2D eigenvalue weighted by molar-refractivity contribution is -0.131. The quantitative estimate of drug-likeness (QED) is 0.925.